The molecule has 0 amide bonds. The zero-order valence-corrected chi connectivity index (χ0v) is 33.0. The van der Waals surface area contributed by atoms with Crippen molar-refractivity contribution in [2.24, 2.45) is 0 Å². The Morgan fingerprint density at radius 2 is 0.818 bits per heavy atom. The molecule has 3 heterocycles. The average Bonchev–Trinajstić information content (AvgIpc) is 3.18. The molecule has 10 rings (SSSR count). The Labute approximate surface area is 327 Å². The summed E-state index contributed by atoms with van der Waals surface area (Å²) in [6.07, 6.45) is 0. The van der Waals surface area contributed by atoms with Crippen LogP contribution in [0.1, 0.15) is 80.5 Å². The van der Waals surface area contributed by atoms with Crippen LogP contribution < -0.4 is 26.2 Å². The third-order valence-electron chi connectivity index (χ3n) is 12.5. The second-order valence-corrected chi connectivity index (χ2v) is 17.9. The van der Waals surface area contributed by atoms with Gasteiger partial charge >= 0.3 is 0 Å². The van der Waals surface area contributed by atoms with Crippen molar-refractivity contribution in [3.8, 4) is 0 Å². The molecule has 55 heavy (non-hydrogen) atoms. The van der Waals surface area contributed by atoms with Gasteiger partial charge in [-0.05, 0) is 122 Å². The van der Waals surface area contributed by atoms with Crippen molar-refractivity contribution in [2.45, 2.75) is 64.7 Å². The molecule has 0 unspecified atom stereocenters. The summed E-state index contributed by atoms with van der Waals surface area (Å²) < 4.78 is 0. The second kappa shape index (κ2) is 11.9. The van der Waals surface area contributed by atoms with E-state index in [2.05, 4.69) is 216 Å². The third kappa shape index (κ3) is 4.81. The minimum absolute atomic E-state index is 0.0635. The van der Waals surface area contributed by atoms with Crippen molar-refractivity contribution in [1.29, 1.82) is 0 Å². The molecule has 0 bridgehead atoms. The molecule has 0 radical (unpaired) electrons. The molecule has 268 valence electrons. The Balaban J connectivity index is 1.36. The minimum atomic E-state index is -0.543. The van der Waals surface area contributed by atoms with E-state index in [0.29, 0.717) is 0 Å². The number of hydrogen-bond acceptors (Lipinski definition) is 2. The van der Waals surface area contributed by atoms with Gasteiger partial charge in [-0.2, -0.15) is 0 Å². The summed E-state index contributed by atoms with van der Waals surface area (Å²) in [5, 5.41) is 0. The monoisotopic (exact) mass is 710 g/mol. The maximum Gasteiger partial charge on any atom is 0.253 e. The highest BCUT2D eigenvalue weighted by Gasteiger charge is 2.55. The van der Waals surface area contributed by atoms with Crippen LogP contribution in [0.25, 0.3) is 0 Å². The molecule has 0 N–H and O–H groups in total. The van der Waals surface area contributed by atoms with E-state index in [1.807, 2.05) is 0 Å². The van der Waals surface area contributed by atoms with E-state index in [-0.39, 0.29) is 17.5 Å². The molecule has 3 aliphatic heterocycles. The van der Waals surface area contributed by atoms with Crippen molar-refractivity contribution in [3.05, 3.63) is 197 Å². The van der Waals surface area contributed by atoms with Gasteiger partial charge in [0, 0.05) is 34.1 Å². The van der Waals surface area contributed by atoms with Crippen molar-refractivity contribution in [1.82, 2.24) is 0 Å². The zero-order valence-electron chi connectivity index (χ0n) is 33.0. The van der Waals surface area contributed by atoms with Gasteiger partial charge in [-0.25, -0.2) is 0 Å². The summed E-state index contributed by atoms with van der Waals surface area (Å²) in [7, 11) is 0. The van der Waals surface area contributed by atoms with Crippen molar-refractivity contribution < 1.29 is 0 Å². The summed E-state index contributed by atoms with van der Waals surface area (Å²) in [6, 6.07) is 60.2. The molecule has 0 atom stereocenters. The smallest absolute Gasteiger partial charge is 0.253 e. The molecule has 7 aromatic carbocycles. The fraction of sp³-hybridized carbons (Fsp3) is 0.192. The van der Waals surface area contributed by atoms with E-state index in [4.69, 9.17) is 0 Å². The number of rotatable bonds is 4. The van der Waals surface area contributed by atoms with Gasteiger partial charge in [-0.3, -0.25) is 0 Å². The number of hydrogen-bond donors (Lipinski definition) is 0. The minimum Gasteiger partial charge on any atom is -0.311 e. The zero-order chi connectivity index (χ0) is 37.9. The largest absolute Gasteiger partial charge is 0.311 e. The lowest BCUT2D eigenvalue weighted by atomic mass is 9.28. The van der Waals surface area contributed by atoms with Crippen LogP contribution in [0.5, 0.6) is 0 Å². The lowest BCUT2D eigenvalue weighted by Gasteiger charge is -2.52. The Morgan fingerprint density at radius 1 is 0.418 bits per heavy atom. The Hall–Kier alpha value is -5.80. The highest BCUT2D eigenvalue weighted by molar-refractivity contribution is 7.01. The SMILES string of the molecule is Cc1cc2c3c(c1)N(c1ccc(C(C)(C)C)cc1)c1cccc4c1B3c1c(cccc1C4(c1ccccc1)c1ccccc1)N2c1ccc(C(C)(C)C)cc1. The number of anilines is 6. The average molecular weight is 711 g/mol. The molecule has 0 aromatic heterocycles. The Kier molecular flexibility index (Phi) is 7.27. The normalized spacial score (nSPS) is 14.9. The van der Waals surface area contributed by atoms with Crippen LogP contribution in [0, 0.1) is 6.92 Å². The van der Waals surface area contributed by atoms with Crippen LogP contribution >= 0.6 is 0 Å². The van der Waals surface area contributed by atoms with Crippen LogP contribution in [0.3, 0.4) is 0 Å². The molecule has 7 aromatic rings. The molecular weight excluding hydrogens is 663 g/mol. The molecule has 0 fully saturated rings. The summed E-state index contributed by atoms with van der Waals surface area (Å²) >= 11 is 0. The van der Waals surface area contributed by atoms with Crippen molar-refractivity contribution in [2.75, 3.05) is 9.80 Å². The van der Waals surface area contributed by atoms with Gasteiger partial charge in [0.1, 0.15) is 0 Å². The van der Waals surface area contributed by atoms with Gasteiger partial charge in [0.25, 0.3) is 6.71 Å². The fourth-order valence-corrected chi connectivity index (χ4v) is 9.96. The van der Waals surface area contributed by atoms with E-state index in [1.165, 1.54) is 89.5 Å². The molecule has 0 saturated heterocycles. The van der Waals surface area contributed by atoms with E-state index in [0.717, 1.165) is 0 Å². The topological polar surface area (TPSA) is 6.48 Å². The molecule has 0 aliphatic carbocycles. The summed E-state index contributed by atoms with van der Waals surface area (Å²) in [5.41, 5.74) is 20.4. The quantitative estimate of drug-likeness (QED) is 0.168. The molecule has 3 heteroatoms. The maximum absolute atomic E-state index is 2.56. The van der Waals surface area contributed by atoms with Gasteiger partial charge in [0.15, 0.2) is 0 Å². The van der Waals surface area contributed by atoms with Crippen LogP contribution in [0.2, 0.25) is 0 Å². The van der Waals surface area contributed by atoms with Crippen LogP contribution in [-0.4, -0.2) is 6.71 Å². The highest BCUT2D eigenvalue weighted by atomic mass is 15.2. The predicted molar refractivity (Wildman–Crippen MR) is 234 cm³/mol. The van der Waals surface area contributed by atoms with Crippen molar-refractivity contribution in [3.63, 3.8) is 0 Å². The van der Waals surface area contributed by atoms with Crippen molar-refractivity contribution >= 4 is 57.2 Å². The van der Waals surface area contributed by atoms with Crippen LogP contribution in [-0.2, 0) is 16.2 Å². The van der Waals surface area contributed by atoms with E-state index < -0.39 is 5.41 Å². The molecule has 0 saturated carbocycles. The van der Waals surface area contributed by atoms with E-state index >= 15 is 0 Å². The van der Waals surface area contributed by atoms with Gasteiger partial charge in [0.2, 0.25) is 0 Å². The lowest BCUT2D eigenvalue weighted by Crippen LogP contribution is -2.68. The summed E-state index contributed by atoms with van der Waals surface area (Å²) in [4.78, 5) is 5.13. The number of aryl methyl sites for hydroxylation is 1. The fourth-order valence-electron chi connectivity index (χ4n) is 9.96. The van der Waals surface area contributed by atoms with Gasteiger partial charge in [-0.15, -0.1) is 0 Å². The predicted octanol–water partition coefficient (Wildman–Crippen LogP) is 11.4. The first-order chi connectivity index (χ1) is 26.5. The first kappa shape index (κ1) is 33.7. The van der Waals surface area contributed by atoms with Gasteiger partial charge in [0.05, 0.1) is 5.41 Å². The van der Waals surface area contributed by atoms with E-state index in [1.54, 1.807) is 0 Å². The standard InChI is InChI=1S/C52H47BN2/c1-34-32-45-49-46(33-34)55(40-30-26-36(27-31-40)51(5,6)7)44-23-15-21-42-48(44)53(49)47-41(52(42,37-16-10-8-11-17-37)38-18-12-9-13-19-38)20-14-22-43(47)54(45)39-28-24-35(25-29-39)50(2,3)4/h8-33H,1-7H3. The molecule has 2 nitrogen and oxygen atoms in total. The first-order valence-corrected chi connectivity index (χ1v) is 19.8. The maximum atomic E-state index is 2.56. The Morgan fingerprint density at radius 3 is 1.20 bits per heavy atom. The van der Waals surface area contributed by atoms with Gasteiger partial charge < -0.3 is 9.80 Å². The molecule has 0 spiro atoms. The molecule has 3 aliphatic rings. The van der Waals surface area contributed by atoms with E-state index in [9.17, 15) is 0 Å². The first-order valence-electron chi connectivity index (χ1n) is 19.8. The third-order valence-corrected chi connectivity index (χ3v) is 12.5. The Bertz CT molecular complexity index is 2430. The second-order valence-electron chi connectivity index (χ2n) is 17.9. The lowest BCUT2D eigenvalue weighted by molar-refractivity contribution is 0.590. The van der Waals surface area contributed by atoms with Crippen LogP contribution in [0.4, 0.5) is 34.1 Å². The van der Waals surface area contributed by atoms with Crippen LogP contribution in [0.15, 0.2) is 158 Å². The highest BCUT2D eigenvalue weighted by Crippen LogP contribution is 2.53. The molecular formula is C52H47BN2. The number of benzene rings is 7. The summed E-state index contributed by atoms with van der Waals surface area (Å²) in [6.45, 7) is 16.1. The summed E-state index contributed by atoms with van der Waals surface area (Å²) in [5.74, 6) is 0. The van der Waals surface area contributed by atoms with Gasteiger partial charge in [-0.1, -0.05) is 151 Å². The number of nitrogens with zero attached hydrogens (tertiary/aromatic N) is 2.